The van der Waals surface area contributed by atoms with E-state index in [9.17, 15) is 9.59 Å². The first-order chi connectivity index (χ1) is 5.70. The van der Waals surface area contributed by atoms with Gasteiger partial charge in [0.05, 0.1) is 5.92 Å². The number of carbonyl (C=O) groups excluding carboxylic acids is 1. The second-order valence-electron chi connectivity index (χ2n) is 3.44. The number of amides is 1. The van der Waals surface area contributed by atoms with Gasteiger partial charge >= 0.3 is 5.97 Å². The van der Waals surface area contributed by atoms with Crippen LogP contribution in [0.3, 0.4) is 0 Å². The van der Waals surface area contributed by atoms with E-state index < -0.39 is 5.97 Å². The normalized spacial score (nSPS) is 34.0. The number of likely N-dealkylation sites (tertiary alicyclic amines) is 1. The molecule has 1 saturated heterocycles. The van der Waals surface area contributed by atoms with Crippen LogP contribution in [0.1, 0.15) is 19.3 Å². The van der Waals surface area contributed by atoms with Crippen LogP contribution in [-0.4, -0.2) is 34.5 Å². The van der Waals surface area contributed by atoms with Crippen molar-refractivity contribution in [3.8, 4) is 0 Å². The van der Waals surface area contributed by atoms with Crippen LogP contribution in [0.5, 0.6) is 0 Å². The lowest BCUT2D eigenvalue weighted by Gasteiger charge is -2.13. The van der Waals surface area contributed by atoms with E-state index in [1.807, 2.05) is 0 Å². The van der Waals surface area contributed by atoms with Crippen molar-refractivity contribution >= 4 is 11.9 Å². The lowest BCUT2D eigenvalue weighted by atomic mass is 10.4. The van der Waals surface area contributed by atoms with Crippen molar-refractivity contribution in [1.82, 2.24) is 4.90 Å². The number of nitrogens with zero attached hydrogens (tertiary/aromatic N) is 1. The highest BCUT2D eigenvalue weighted by atomic mass is 16.4. The maximum absolute atomic E-state index is 11.2. The first-order valence-electron chi connectivity index (χ1n) is 4.22. The van der Waals surface area contributed by atoms with Gasteiger partial charge in [-0.15, -0.1) is 0 Å². The number of carboxylic acids is 1. The molecule has 0 aromatic heterocycles. The molecule has 1 heterocycles. The van der Waals surface area contributed by atoms with Crippen LogP contribution in [0, 0.1) is 5.92 Å². The van der Waals surface area contributed by atoms with Crippen LogP contribution >= 0.6 is 0 Å². The van der Waals surface area contributed by atoms with Gasteiger partial charge in [-0.05, 0) is 12.8 Å². The fraction of sp³-hybridized carbons (Fsp3) is 0.750. The molecule has 1 aliphatic heterocycles. The molecule has 4 heteroatoms. The van der Waals surface area contributed by atoms with Crippen LogP contribution in [0.15, 0.2) is 0 Å². The molecule has 1 saturated carbocycles. The number of carbonyl (C=O) groups is 2. The Balaban J connectivity index is 1.96. The summed E-state index contributed by atoms with van der Waals surface area (Å²) in [5.74, 6) is -0.921. The number of aliphatic carboxylic acids is 1. The summed E-state index contributed by atoms with van der Waals surface area (Å²) >= 11 is 0. The first kappa shape index (κ1) is 7.58. The third kappa shape index (κ3) is 1.07. The number of hydrogen-bond acceptors (Lipinski definition) is 2. The molecule has 0 bridgehead atoms. The third-order valence-electron chi connectivity index (χ3n) is 2.58. The van der Waals surface area contributed by atoms with Gasteiger partial charge in [0.1, 0.15) is 0 Å². The molecule has 4 nitrogen and oxygen atoms in total. The molecule has 2 unspecified atom stereocenters. The van der Waals surface area contributed by atoms with Crippen molar-refractivity contribution in [3.05, 3.63) is 0 Å². The van der Waals surface area contributed by atoms with Crippen LogP contribution < -0.4 is 0 Å². The van der Waals surface area contributed by atoms with Crippen molar-refractivity contribution in [3.63, 3.8) is 0 Å². The Morgan fingerprint density at radius 1 is 1.58 bits per heavy atom. The molecule has 1 N–H and O–H groups in total. The van der Waals surface area contributed by atoms with Gasteiger partial charge in [-0.2, -0.15) is 0 Å². The Morgan fingerprint density at radius 2 is 2.33 bits per heavy atom. The maximum Gasteiger partial charge on any atom is 0.308 e. The van der Waals surface area contributed by atoms with Gasteiger partial charge in [-0.25, -0.2) is 0 Å². The fourth-order valence-corrected chi connectivity index (χ4v) is 1.81. The van der Waals surface area contributed by atoms with E-state index in [0.29, 0.717) is 12.8 Å². The Kier molecular flexibility index (Phi) is 1.56. The highest BCUT2D eigenvalue weighted by Gasteiger charge is 2.49. The molecule has 12 heavy (non-hydrogen) atoms. The van der Waals surface area contributed by atoms with Gasteiger partial charge in [-0.1, -0.05) is 0 Å². The van der Waals surface area contributed by atoms with Crippen LogP contribution in [0.4, 0.5) is 0 Å². The maximum atomic E-state index is 11.2. The molecule has 0 radical (unpaired) electrons. The molecule has 1 amide bonds. The molecule has 0 aromatic carbocycles. The highest BCUT2D eigenvalue weighted by molar-refractivity contribution is 5.81. The summed E-state index contributed by atoms with van der Waals surface area (Å²) in [7, 11) is 0. The fourth-order valence-electron chi connectivity index (χ4n) is 1.81. The van der Waals surface area contributed by atoms with Gasteiger partial charge in [0.15, 0.2) is 0 Å². The van der Waals surface area contributed by atoms with Gasteiger partial charge in [0.25, 0.3) is 0 Å². The van der Waals surface area contributed by atoms with Crippen molar-refractivity contribution < 1.29 is 14.7 Å². The van der Waals surface area contributed by atoms with E-state index >= 15 is 0 Å². The van der Waals surface area contributed by atoms with Gasteiger partial charge in [-0.3, -0.25) is 9.59 Å². The predicted molar refractivity (Wildman–Crippen MR) is 40.5 cm³/mol. The Labute approximate surface area is 70.2 Å². The van der Waals surface area contributed by atoms with E-state index in [1.54, 1.807) is 4.90 Å². The molecular formula is C8H11NO3. The first-order valence-corrected chi connectivity index (χ1v) is 4.22. The monoisotopic (exact) mass is 169 g/mol. The van der Waals surface area contributed by atoms with Gasteiger partial charge in [0.2, 0.25) is 5.91 Å². The predicted octanol–water partition coefficient (Wildman–Crippen LogP) is 0.0819. The van der Waals surface area contributed by atoms with Crippen molar-refractivity contribution in [2.24, 2.45) is 5.92 Å². The SMILES string of the molecule is O=C(O)C1CC1N1CCCC1=O. The Morgan fingerprint density at radius 3 is 2.75 bits per heavy atom. The Bertz CT molecular complexity index is 238. The summed E-state index contributed by atoms with van der Waals surface area (Å²) in [5.41, 5.74) is 0. The highest BCUT2D eigenvalue weighted by Crippen LogP contribution is 2.37. The standard InChI is InChI=1S/C8H11NO3/c10-7-2-1-3-9(7)6-4-5(6)8(11)12/h5-6H,1-4H2,(H,11,12). The zero-order valence-electron chi connectivity index (χ0n) is 6.69. The smallest absolute Gasteiger partial charge is 0.308 e. The molecule has 1 aliphatic carbocycles. The van der Waals surface area contributed by atoms with Crippen LogP contribution in [-0.2, 0) is 9.59 Å². The molecular weight excluding hydrogens is 158 g/mol. The largest absolute Gasteiger partial charge is 0.481 e. The summed E-state index contributed by atoms with van der Waals surface area (Å²) < 4.78 is 0. The zero-order chi connectivity index (χ0) is 8.72. The number of carboxylic acid groups (broad SMARTS) is 1. The van der Waals surface area contributed by atoms with Crippen LogP contribution in [0.25, 0.3) is 0 Å². The van der Waals surface area contributed by atoms with E-state index in [1.165, 1.54) is 0 Å². The molecule has 2 aliphatic rings. The van der Waals surface area contributed by atoms with E-state index in [-0.39, 0.29) is 17.9 Å². The van der Waals surface area contributed by atoms with E-state index in [0.717, 1.165) is 13.0 Å². The molecule has 0 spiro atoms. The van der Waals surface area contributed by atoms with Gasteiger partial charge < -0.3 is 10.0 Å². The summed E-state index contributed by atoms with van der Waals surface area (Å²) in [6.45, 7) is 0.757. The molecule has 2 atom stereocenters. The lowest BCUT2D eigenvalue weighted by molar-refractivity contribution is -0.139. The van der Waals surface area contributed by atoms with Crippen molar-refractivity contribution in [2.45, 2.75) is 25.3 Å². The van der Waals surface area contributed by atoms with E-state index in [4.69, 9.17) is 5.11 Å². The van der Waals surface area contributed by atoms with Crippen LogP contribution in [0.2, 0.25) is 0 Å². The Hall–Kier alpha value is -1.06. The topological polar surface area (TPSA) is 57.6 Å². The second kappa shape index (κ2) is 2.47. The minimum atomic E-state index is -0.764. The quantitative estimate of drug-likeness (QED) is 0.637. The second-order valence-corrected chi connectivity index (χ2v) is 3.44. The average Bonchev–Trinajstić information content (AvgIpc) is 2.70. The molecule has 2 fully saturated rings. The minimum absolute atomic E-state index is 0.0116. The summed E-state index contributed by atoms with van der Waals surface area (Å²) in [6.07, 6.45) is 2.14. The molecule has 2 rings (SSSR count). The molecule has 0 aromatic rings. The van der Waals surface area contributed by atoms with Crippen molar-refractivity contribution in [1.29, 1.82) is 0 Å². The average molecular weight is 169 g/mol. The minimum Gasteiger partial charge on any atom is -0.481 e. The third-order valence-corrected chi connectivity index (χ3v) is 2.58. The summed E-state index contributed by atoms with van der Waals surface area (Å²) in [5, 5.41) is 8.63. The summed E-state index contributed by atoms with van der Waals surface area (Å²) in [4.78, 5) is 23.4. The lowest BCUT2D eigenvalue weighted by Crippen LogP contribution is -2.29. The number of hydrogen-bond donors (Lipinski definition) is 1. The number of rotatable bonds is 2. The van der Waals surface area contributed by atoms with Crippen molar-refractivity contribution in [2.75, 3.05) is 6.54 Å². The summed E-state index contributed by atoms with van der Waals surface area (Å²) in [6, 6.07) is 0.0116. The molecule has 66 valence electrons. The van der Waals surface area contributed by atoms with Gasteiger partial charge in [0, 0.05) is 19.0 Å². The zero-order valence-corrected chi connectivity index (χ0v) is 6.69. The van der Waals surface area contributed by atoms with E-state index in [2.05, 4.69) is 0 Å².